The van der Waals surface area contributed by atoms with E-state index < -0.39 is 22.9 Å². The normalized spacial score (nSPS) is 12.4. The average molecular weight is 503 g/mol. The third kappa shape index (κ3) is 5.32. The van der Waals surface area contributed by atoms with Crippen LogP contribution in [0.2, 0.25) is 0 Å². The number of hydrogen-bond donors (Lipinski definition) is 4. The Labute approximate surface area is 201 Å². The fraction of sp³-hybridized carbons (Fsp3) is 0.0870. The van der Waals surface area contributed by atoms with Crippen molar-refractivity contribution in [2.75, 3.05) is 16.4 Å². The van der Waals surface area contributed by atoms with Crippen molar-refractivity contribution in [3.63, 3.8) is 0 Å². The molecule has 0 saturated heterocycles. The Morgan fingerprint density at radius 1 is 0.971 bits per heavy atom. The van der Waals surface area contributed by atoms with Crippen LogP contribution >= 0.6 is 24.0 Å². The lowest BCUT2D eigenvalue weighted by molar-refractivity contribution is -0.137. The van der Waals surface area contributed by atoms with Gasteiger partial charge in [0, 0.05) is 16.9 Å². The van der Waals surface area contributed by atoms with E-state index in [1.165, 1.54) is 11.3 Å². The van der Waals surface area contributed by atoms with Crippen LogP contribution in [0.3, 0.4) is 0 Å². The molecule has 1 heterocycles. The Bertz CT molecular complexity index is 1350. The van der Waals surface area contributed by atoms with Gasteiger partial charge in [-0.25, -0.2) is 4.98 Å². The van der Waals surface area contributed by atoms with Gasteiger partial charge in [0.05, 0.1) is 15.8 Å². The number of thiol groups is 1. The number of hydrogen-bond acceptors (Lipinski definition) is 6. The number of amides is 2. The lowest BCUT2D eigenvalue weighted by atomic mass is 10.1. The van der Waals surface area contributed by atoms with Crippen LogP contribution in [-0.2, 0) is 11.0 Å². The summed E-state index contributed by atoms with van der Waals surface area (Å²) in [6.45, 7) is 0. The molecule has 3 aromatic carbocycles. The second kappa shape index (κ2) is 9.35. The number of aromatic nitrogens is 1. The van der Waals surface area contributed by atoms with Crippen LogP contribution in [0.4, 0.5) is 29.7 Å². The largest absolute Gasteiger partial charge is 0.416 e. The number of rotatable bonds is 5. The molecule has 174 valence electrons. The molecule has 1 aromatic heterocycles. The molecule has 4 rings (SSSR count). The lowest BCUT2D eigenvalue weighted by Crippen LogP contribution is -2.17. The minimum absolute atomic E-state index is 0.0719. The monoisotopic (exact) mass is 502 g/mol. The highest BCUT2D eigenvalue weighted by molar-refractivity contribution is 7.81. The van der Waals surface area contributed by atoms with Crippen molar-refractivity contribution < 1.29 is 22.8 Å². The summed E-state index contributed by atoms with van der Waals surface area (Å²) in [4.78, 5) is 29.3. The van der Waals surface area contributed by atoms with E-state index in [9.17, 15) is 22.8 Å². The zero-order valence-corrected chi connectivity index (χ0v) is 19.0. The van der Waals surface area contributed by atoms with Gasteiger partial charge in [-0.1, -0.05) is 23.5 Å². The van der Waals surface area contributed by atoms with Gasteiger partial charge in [0.2, 0.25) is 5.91 Å². The number of alkyl halides is 3. The number of carbonyl (C=O) groups is 2. The number of nitrogens with zero attached hydrogens (tertiary/aromatic N) is 1. The molecule has 6 nitrogen and oxygen atoms in total. The second-order valence-electron chi connectivity index (χ2n) is 7.29. The van der Waals surface area contributed by atoms with Gasteiger partial charge in [-0.15, -0.1) is 0 Å². The molecule has 0 bridgehead atoms. The molecule has 0 aliphatic carbocycles. The summed E-state index contributed by atoms with van der Waals surface area (Å²) < 4.78 is 38.8. The molecule has 0 aliphatic heterocycles. The Morgan fingerprint density at radius 2 is 1.65 bits per heavy atom. The lowest BCUT2D eigenvalue weighted by Gasteiger charge is -2.12. The number of nitrogen functional groups attached to an aromatic ring is 1. The smallest absolute Gasteiger partial charge is 0.399 e. The molecular formula is C23H17F3N4O2S2. The van der Waals surface area contributed by atoms with Gasteiger partial charge in [0.1, 0.15) is 5.25 Å². The van der Waals surface area contributed by atoms with Crippen LogP contribution in [-0.4, -0.2) is 16.8 Å². The first-order valence-electron chi connectivity index (χ1n) is 9.84. The van der Waals surface area contributed by atoms with Crippen LogP contribution < -0.4 is 16.4 Å². The summed E-state index contributed by atoms with van der Waals surface area (Å²) in [5.74, 6) is -0.907. The summed E-state index contributed by atoms with van der Waals surface area (Å²) in [6, 6.07) is 15.8. The van der Waals surface area contributed by atoms with Gasteiger partial charge in [-0.05, 0) is 60.2 Å². The van der Waals surface area contributed by atoms with Gasteiger partial charge in [-0.2, -0.15) is 25.8 Å². The van der Waals surface area contributed by atoms with E-state index >= 15 is 0 Å². The van der Waals surface area contributed by atoms with Crippen molar-refractivity contribution in [1.82, 2.24) is 4.98 Å². The second-order valence-corrected chi connectivity index (χ2v) is 8.84. The number of nitrogens with one attached hydrogen (secondary N) is 2. The Kier molecular flexibility index (Phi) is 6.49. The van der Waals surface area contributed by atoms with E-state index in [4.69, 9.17) is 5.73 Å². The highest BCUT2D eigenvalue weighted by atomic mass is 32.1. The highest BCUT2D eigenvalue weighted by Gasteiger charge is 2.30. The first-order chi connectivity index (χ1) is 16.1. The summed E-state index contributed by atoms with van der Waals surface area (Å²) >= 11 is 5.55. The van der Waals surface area contributed by atoms with E-state index in [0.717, 1.165) is 24.3 Å². The van der Waals surface area contributed by atoms with Crippen molar-refractivity contribution in [1.29, 1.82) is 0 Å². The highest BCUT2D eigenvalue weighted by Crippen LogP contribution is 2.31. The topological polar surface area (TPSA) is 97.1 Å². The van der Waals surface area contributed by atoms with Gasteiger partial charge in [-0.3, -0.25) is 14.9 Å². The molecule has 4 aromatic rings. The maximum Gasteiger partial charge on any atom is 0.416 e. The van der Waals surface area contributed by atoms with E-state index in [0.29, 0.717) is 27.2 Å². The number of nitrogens with two attached hydrogens (primary N) is 1. The third-order valence-corrected chi connectivity index (χ3v) is 6.32. The minimum atomic E-state index is -4.47. The summed E-state index contributed by atoms with van der Waals surface area (Å²) in [5, 5.41) is 4.96. The molecule has 0 aliphatic rings. The molecule has 0 radical (unpaired) electrons. The number of thiazole rings is 1. The Morgan fingerprint density at radius 3 is 2.29 bits per heavy atom. The average Bonchev–Trinajstić information content (AvgIpc) is 3.20. The number of anilines is 3. The van der Waals surface area contributed by atoms with E-state index in [1.54, 1.807) is 42.5 Å². The predicted octanol–water partition coefficient (Wildman–Crippen LogP) is 5.76. The van der Waals surface area contributed by atoms with Crippen molar-refractivity contribution in [3.05, 3.63) is 83.4 Å². The van der Waals surface area contributed by atoms with Gasteiger partial charge in [0.25, 0.3) is 5.91 Å². The molecule has 2 amide bonds. The minimum Gasteiger partial charge on any atom is -0.399 e. The maximum atomic E-state index is 12.7. The van der Waals surface area contributed by atoms with Gasteiger partial charge >= 0.3 is 6.18 Å². The first-order valence-corrected chi connectivity index (χ1v) is 11.2. The van der Waals surface area contributed by atoms with Crippen LogP contribution in [0.1, 0.15) is 26.7 Å². The molecule has 1 atom stereocenters. The number of carbonyl (C=O) groups excluding carboxylic acids is 2. The fourth-order valence-electron chi connectivity index (χ4n) is 3.08. The predicted molar refractivity (Wildman–Crippen MR) is 130 cm³/mol. The molecule has 4 N–H and O–H groups in total. The molecule has 1 unspecified atom stereocenters. The molecule has 0 spiro atoms. The summed E-state index contributed by atoms with van der Waals surface area (Å²) in [7, 11) is 0. The van der Waals surface area contributed by atoms with Crippen molar-refractivity contribution >= 4 is 62.5 Å². The quantitative estimate of drug-likeness (QED) is 0.206. The molecule has 11 heteroatoms. The van der Waals surface area contributed by atoms with E-state index in [2.05, 4.69) is 28.2 Å². The summed E-state index contributed by atoms with van der Waals surface area (Å²) in [6.07, 6.45) is -4.47. The maximum absolute atomic E-state index is 12.7. The Balaban J connectivity index is 1.45. The first kappa shape index (κ1) is 23.6. The third-order valence-electron chi connectivity index (χ3n) is 4.85. The van der Waals surface area contributed by atoms with Crippen molar-refractivity contribution in [3.8, 4) is 0 Å². The number of benzene rings is 3. The Hall–Kier alpha value is -3.57. The fourth-order valence-corrected chi connectivity index (χ4v) is 4.21. The van der Waals surface area contributed by atoms with Crippen molar-refractivity contribution in [2.45, 2.75) is 11.4 Å². The van der Waals surface area contributed by atoms with E-state index in [1.807, 2.05) is 0 Å². The standard InChI is InChI=1S/C23H17F3N4O2S2/c24-23(25,26)14-5-1-13(2-6-14)20(31)30-22-29-17-10-9-16(11-18(17)34-22)28-21(32)19(33)12-3-7-15(27)8-4-12/h1-11,19,33H,27H2,(H,28,32)(H,29,30,31). The van der Waals surface area contributed by atoms with Gasteiger partial charge < -0.3 is 11.1 Å². The van der Waals surface area contributed by atoms with Crippen LogP contribution in [0.25, 0.3) is 10.2 Å². The van der Waals surface area contributed by atoms with E-state index in [-0.39, 0.29) is 16.6 Å². The molecular weight excluding hydrogens is 485 g/mol. The SMILES string of the molecule is Nc1ccc(C(S)C(=O)Nc2ccc3nc(NC(=O)c4ccc(C(F)(F)F)cc4)sc3c2)cc1. The summed E-state index contributed by atoms with van der Waals surface area (Å²) in [5.41, 5.74) is 7.30. The van der Waals surface area contributed by atoms with Gasteiger partial charge in [0.15, 0.2) is 5.13 Å². The number of halogens is 3. The molecule has 0 saturated carbocycles. The molecule has 0 fully saturated rings. The number of fused-ring (bicyclic) bond motifs is 1. The van der Waals surface area contributed by atoms with Crippen molar-refractivity contribution in [2.24, 2.45) is 0 Å². The van der Waals surface area contributed by atoms with Crippen LogP contribution in [0.5, 0.6) is 0 Å². The zero-order chi connectivity index (χ0) is 24.5. The zero-order valence-electron chi connectivity index (χ0n) is 17.3. The van der Waals surface area contributed by atoms with Crippen LogP contribution in [0.15, 0.2) is 66.7 Å². The van der Waals surface area contributed by atoms with Crippen LogP contribution in [0, 0.1) is 0 Å². The molecule has 34 heavy (non-hydrogen) atoms.